The fourth-order valence-corrected chi connectivity index (χ4v) is 3.17. The third-order valence-corrected chi connectivity index (χ3v) is 4.50. The summed E-state index contributed by atoms with van der Waals surface area (Å²) in [7, 11) is 3.99. The number of amides is 1. The van der Waals surface area contributed by atoms with Crippen molar-refractivity contribution in [3.05, 3.63) is 42.5 Å². The fraction of sp³-hybridized carbons (Fsp3) is 0.444. The summed E-state index contributed by atoms with van der Waals surface area (Å²) in [5.41, 5.74) is 8.81. The first-order valence-corrected chi connectivity index (χ1v) is 8.41. The quantitative estimate of drug-likeness (QED) is 0.653. The highest BCUT2D eigenvalue weighted by Crippen LogP contribution is 2.29. The Balaban J connectivity index is 1.60. The molecule has 6 nitrogen and oxygen atoms in total. The van der Waals surface area contributed by atoms with Crippen molar-refractivity contribution in [2.75, 3.05) is 37.3 Å². The number of imidazole rings is 1. The molecule has 0 fully saturated rings. The maximum atomic E-state index is 12.7. The number of nitrogens with zero attached hydrogens (tertiary/aromatic N) is 4. The van der Waals surface area contributed by atoms with Gasteiger partial charge in [-0.3, -0.25) is 9.69 Å². The Bertz CT molecular complexity index is 724. The van der Waals surface area contributed by atoms with Crippen molar-refractivity contribution < 1.29 is 9.36 Å². The Labute approximate surface area is 143 Å². The van der Waals surface area contributed by atoms with Gasteiger partial charge in [-0.15, -0.1) is 0 Å². The van der Waals surface area contributed by atoms with Gasteiger partial charge in [-0.1, -0.05) is 6.07 Å². The number of carbonyl (C=O) groups is 1. The van der Waals surface area contributed by atoms with Gasteiger partial charge < -0.3 is 10.6 Å². The summed E-state index contributed by atoms with van der Waals surface area (Å²) in [6, 6.07) is 5.88. The summed E-state index contributed by atoms with van der Waals surface area (Å²) < 4.78 is 4.14. The second-order valence-electron chi connectivity index (χ2n) is 6.59. The largest absolute Gasteiger partial charge is 0.399 e. The van der Waals surface area contributed by atoms with E-state index in [9.17, 15) is 4.79 Å². The smallest absolute Gasteiger partial charge is 0.243 e. The predicted octanol–water partition coefficient (Wildman–Crippen LogP) is 0.806. The Morgan fingerprint density at radius 2 is 2.25 bits per heavy atom. The molecule has 2 N–H and O–H groups in total. The summed E-state index contributed by atoms with van der Waals surface area (Å²) >= 11 is 0. The summed E-state index contributed by atoms with van der Waals surface area (Å²) in [5, 5.41) is 0. The van der Waals surface area contributed by atoms with Crippen molar-refractivity contribution in [1.82, 2.24) is 9.47 Å². The van der Waals surface area contributed by atoms with E-state index in [1.165, 1.54) is 5.56 Å². The molecule has 1 amide bonds. The average molecular weight is 328 g/mol. The third kappa shape index (κ3) is 3.76. The molecule has 2 heterocycles. The first kappa shape index (κ1) is 16.5. The molecule has 1 aliphatic rings. The lowest BCUT2D eigenvalue weighted by Gasteiger charge is -2.31. The van der Waals surface area contributed by atoms with Gasteiger partial charge in [0.15, 0.2) is 0 Å². The molecule has 0 aliphatic carbocycles. The molecule has 2 aromatic rings. The van der Waals surface area contributed by atoms with Crippen molar-refractivity contribution in [3.8, 4) is 0 Å². The van der Waals surface area contributed by atoms with Gasteiger partial charge in [0.1, 0.15) is 18.9 Å². The number of fused-ring (bicyclic) bond motifs is 1. The van der Waals surface area contributed by atoms with Crippen LogP contribution in [0.15, 0.2) is 36.9 Å². The van der Waals surface area contributed by atoms with E-state index in [4.69, 9.17) is 5.73 Å². The van der Waals surface area contributed by atoms with Gasteiger partial charge in [0.2, 0.25) is 12.2 Å². The minimum Gasteiger partial charge on any atom is -0.399 e. The number of anilines is 2. The van der Waals surface area contributed by atoms with Crippen LogP contribution in [0.5, 0.6) is 0 Å². The van der Waals surface area contributed by atoms with Crippen molar-refractivity contribution in [3.63, 3.8) is 0 Å². The number of benzene rings is 1. The third-order valence-electron chi connectivity index (χ3n) is 4.50. The van der Waals surface area contributed by atoms with Crippen LogP contribution in [0.4, 0.5) is 11.4 Å². The Kier molecular flexibility index (Phi) is 4.85. The maximum absolute atomic E-state index is 12.7. The Morgan fingerprint density at radius 3 is 3.00 bits per heavy atom. The molecule has 0 unspecified atom stereocenters. The second kappa shape index (κ2) is 7.05. The zero-order chi connectivity index (χ0) is 17.1. The van der Waals surface area contributed by atoms with Crippen molar-refractivity contribution in [2.24, 2.45) is 7.05 Å². The van der Waals surface area contributed by atoms with Gasteiger partial charge in [-0.2, -0.15) is 0 Å². The van der Waals surface area contributed by atoms with E-state index >= 15 is 0 Å². The molecule has 0 saturated heterocycles. The van der Waals surface area contributed by atoms with Gasteiger partial charge in [0, 0.05) is 24.5 Å². The van der Waals surface area contributed by atoms with Crippen LogP contribution in [-0.2, 0) is 24.8 Å². The first-order valence-electron chi connectivity index (χ1n) is 8.41. The molecule has 1 aromatic carbocycles. The van der Waals surface area contributed by atoms with Crippen LogP contribution < -0.4 is 15.2 Å². The van der Waals surface area contributed by atoms with Gasteiger partial charge >= 0.3 is 0 Å². The van der Waals surface area contributed by atoms with Crippen LogP contribution in [0.25, 0.3) is 0 Å². The van der Waals surface area contributed by atoms with Crippen LogP contribution in [0.3, 0.4) is 0 Å². The topological polar surface area (TPSA) is 58.4 Å². The molecule has 24 heavy (non-hydrogen) atoms. The number of aryl methyl sites for hydroxylation is 2. The van der Waals surface area contributed by atoms with Gasteiger partial charge in [-0.05, 0) is 37.6 Å². The normalized spacial score (nSPS) is 14.0. The molecule has 0 bridgehead atoms. The van der Waals surface area contributed by atoms with Crippen molar-refractivity contribution >= 4 is 17.3 Å². The van der Waals surface area contributed by atoms with E-state index in [0.29, 0.717) is 12.2 Å². The highest BCUT2D eigenvalue weighted by molar-refractivity contribution is 5.96. The summed E-state index contributed by atoms with van der Waals surface area (Å²) in [6.45, 7) is 2.89. The molecule has 0 atom stereocenters. The number of aromatic nitrogens is 2. The van der Waals surface area contributed by atoms with Crippen molar-refractivity contribution in [1.29, 1.82) is 0 Å². The zero-order valence-corrected chi connectivity index (χ0v) is 14.5. The van der Waals surface area contributed by atoms with E-state index in [2.05, 4.69) is 9.47 Å². The standard InChI is InChI=1S/C18H26N5O/c1-20(8-10-22-11-9-21(2)14-22)13-18(24)23-7-3-4-15-5-6-16(19)12-17(15)23/h5-6,9,11-12,14H,3-4,7-8,10,13,19H2,1-2H3/q+1. The summed E-state index contributed by atoms with van der Waals surface area (Å²) in [5.74, 6) is 0.141. The molecule has 1 aliphatic heterocycles. The fourth-order valence-electron chi connectivity index (χ4n) is 3.17. The zero-order valence-electron chi connectivity index (χ0n) is 14.5. The number of nitrogen functional groups attached to an aromatic ring is 1. The van der Waals surface area contributed by atoms with E-state index in [1.54, 1.807) is 0 Å². The number of nitrogens with two attached hydrogens (primary N) is 1. The maximum Gasteiger partial charge on any atom is 0.243 e. The lowest BCUT2D eigenvalue weighted by molar-refractivity contribution is -0.671. The molecule has 0 radical (unpaired) electrons. The van der Waals surface area contributed by atoms with Crippen molar-refractivity contribution in [2.45, 2.75) is 19.4 Å². The number of likely N-dealkylation sites (N-methyl/N-ethyl adjacent to an activating group) is 1. The van der Waals surface area contributed by atoms with Crippen LogP contribution in [-0.4, -0.2) is 42.1 Å². The number of carbonyl (C=O) groups excluding carboxylic acids is 1. The molecule has 1 aromatic heterocycles. The minimum atomic E-state index is 0.141. The lowest BCUT2D eigenvalue weighted by Crippen LogP contribution is -2.42. The predicted molar refractivity (Wildman–Crippen MR) is 94.6 cm³/mol. The average Bonchev–Trinajstić information content (AvgIpc) is 2.97. The highest BCUT2D eigenvalue weighted by Gasteiger charge is 2.23. The first-order chi connectivity index (χ1) is 11.5. The molecule has 0 spiro atoms. The Morgan fingerprint density at radius 1 is 1.42 bits per heavy atom. The van der Waals surface area contributed by atoms with E-state index < -0.39 is 0 Å². The molecule has 128 valence electrons. The van der Waals surface area contributed by atoms with Crippen LogP contribution in [0.2, 0.25) is 0 Å². The summed E-state index contributed by atoms with van der Waals surface area (Å²) in [4.78, 5) is 16.7. The Hall–Kier alpha value is -2.34. The van der Waals surface area contributed by atoms with E-state index in [0.717, 1.165) is 38.2 Å². The summed E-state index contributed by atoms with van der Waals surface area (Å²) in [6.07, 6.45) is 8.12. The molecule has 3 rings (SSSR count). The molecule has 6 heteroatoms. The van der Waals surface area contributed by atoms with Gasteiger partial charge in [0.25, 0.3) is 0 Å². The minimum absolute atomic E-state index is 0.141. The highest BCUT2D eigenvalue weighted by atomic mass is 16.2. The number of hydrogen-bond acceptors (Lipinski definition) is 3. The van der Waals surface area contributed by atoms with Crippen LogP contribution >= 0.6 is 0 Å². The second-order valence-corrected chi connectivity index (χ2v) is 6.59. The lowest BCUT2D eigenvalue weighted by atomic mass is 10.0. The van der Waals surface area contributed by atoms with Gasteiger partial charge in [-0.25, -0.2) is 9.13 Å². The number of rotatable bonds is 5. The molecular formula is C18H26N5O+. The van der Waals surface area contributed by atoms with Crippen LogP contribution in [0.1, 0.15) is 12.0 Å². The SMILES string of the molecule is CN(CCn1cc[n+](C)c1)CC(=O)N1CCCc2ccc(N)cc21. The van der Waals surface area contributed by atoms with E-state index in [-0.39, 0.29) is 5.91 Å². The van der Waals surface area contributed by atoms with Crippen LogP contribution in [0, 0.1) is 0 Å². The number of hydrogen-bond donors (Lipinski definition) is 1. The van der Waals surface area contributed by atoms with E-state index in [1.807, 2.05) is 60.5 Å². The monoisotopic (exact) mass is 328 g/mol. The molecule has 0 saturated carbocycles. The molecular weight excluding hydrogens is 302 g/mol. The van der Waals surface area contributed by atoms with Gasteiger partial charge in [0.05, 0.1) is 13.6 Å².